The van der Waals surface area contributed by atoms with Crippen LogP contribution < -0.4 is 22.1 Å². The molecule has 0 atom stereocenters. The van der Waals surface area contributed by atoms with Gasteiger partial charge in [-0.15, -0.1) is 5.10 Å². The van der Waals surface area contributed by atoms with Gasteiger partial charge in [0.2, 0.25) is 0 Å². The van der Waals surface area contributed by atoms with Gasteiger partial charge in [-0.25, -0.2) is 14.6 Å². The third-order valence-corrected chi connectivity index (χ3v) is 6.04. The molecule has 0 unspecified atom stereocenters. The lowest BCUT2D eigenvalue weighted by Gasteiger charge is -2.10. The van der Waals surface area contributed by atoms with Gasteiger partial charge in [-0.3, -0.25) is 19.0 Å². The number of carbonyl (C=O) groups is 4. The molecule has 15 heteroatoms. The first kappa shape index (κ1) is 25.8. The van der Waals surface area contributed by atoms with E-state index in [0.717, 1.165) is 4.52 Å². The van der Waals surface area contributed by atoms with Crippen LogP contribution in [0.3, 0.4) is 0 Å². The van der Waals surface area contributed by atoms with Crippen LogP contribution in [-0.4, -0.2) is 53.2 Å². The number of aryl methyl sites for hydroxylation is 1. The Labute approximate surface area is 223 Å². The minimum atomic E-state index is -1.08. The van der Waals surface area contributed by atoms with Crippen LogP contribution in [0.2, 0.25) is 0 Å². The number of hydrogen-bond donors (Lipinski definition) is 4. The van der Waals surface area contributed by atoms with Crippen molar-refractivity contribution in [2.75, 3.05) is 0 Å². The molecule has 0 fully saturated rings. The third-order valence-electron chi connectivity index (χ3n) is 6.04. The Morgan fingerprint density at radius 1 is 0.975 bits per heavy atom. The van der Waals surface area contributed by atoms with E-state index in [1.54, 1.807) is 37.4 Å². The smallest absolute Gasteiger partial charge is 0.419 e. The summed E-state index contributed by atoms with van der Waals surface area (Å²) in [5.74, 6) is -3.89. The Bertz CT molecular complexity index is 1890. The summed E-state index contributed by atoms with van der Waals surface area (Å²) in [5, 5.41) is 21.9. The van der Waals surface area contributed by atoms with Gasteiger partial charge in [0.05, 0.1) is 11.1 Å². The second kappa shape index (κ2) is 10.1. The second-order valence-electron chi connectivity index (χ2n) is 8.66. The van der Waals surface area contributed by atoms with Crippen molar-refractivity contribution in [2.45, 2.75) is 13.1 Å². The lowest BCUT2D eigenvalue weighted by atomic mass is 10.1. The third kappa shape index (κ3) is 4.85. The fourth-order valence-corrected chi connectivity index (χ4v) is 3.91. The molecule has 0 aliphatic rings. The number of benzene rings is 2. The molecular formula is C25H20N8O7. The summed E-state index contributed by atoms with van der Waals surface area (Å²) in [5.41, 5.74) is 6.81. The molecule has 2 aromatic carbocycles. The first-order valence-corrected chi connectivity index (χ1v) is 11.7. The highest BCUT2D eigenvalue weighted by Crippen LogP contribution is 2.15. The second-order valence-corrected chi connectivity index (χ2v) is 8.66. The van der Waals surface area contributed by atoms with Crippen molar-refractivity contribution in [3.63, 3.8) is 0 Å². The molecular weight excluding hydrogens is 524 g/mol. The van der Waals surface area contributed by atoms with E-state index in [9.17, 15) is 24.0 Å². The minimum Gasteiger partial charge on any atom is -0.478 e. The molecule has 3 aromatic heterocycles. The zero-order valence-electron chi connectivity index (χ0n) is 20.7. The van der Waals surface area contributed by atoms with Gasteiger partial charge < -0.3 is 25.9 Å². The van der Waals surface area contributed by atoms with Gasteiger partial charge in [-0.05, 0) is 35.4 Å². The van der Waals surface area contributed by atoms with Gasteiger partial charge in [-0.2, -0.15) is 4.52 Å². The number of oxazole rings is 1. The van der Waals surface area contributed by atoms with E-state index in [2.05, 4.69) is 25.9 Å². The number of nitrogens with one attached hydrogen (secondary N) is 2. The number of nitrogens with zero attached hydrogens (tertiary/aromatic N) is 5. The van der Waals surface area contributed by atoms with E-state index < -0.39 is 29.4 Å². The molecule has 0 saturated carbocycles. The first-order valence-electron chi connectivity index (χ1n) is 11.7. The van der Waals surface area contributed by atoms with E-state index in [1.807, 2.05) is 0 Å². The molecule has 0 radical (unpaired) electrons. The summed E-state index contributed by atoms with van der Waals surface area (Å²) in [6, 6.07) is 12.1. The summed E-state index contributed by atoms with van der Waals surface area (Å²) in [6.45, 7) is 0.0789. The van der Waals surface area contributed by atoms with Gasteiger partial charge in [0, 0.05) is 26.2 Å². The van der Waals surface area contributed by atoms with Crippen molar-refractivity contribution >= 4 is 40.4 Å². The van der Waals surface area contributed by atoms with Crippen LogP contribution in [0.1, 0.15) is 53.0 Å². The predicted octanol–water partition coefficient (Wildman–Crippen LogP) is 0.226. The minimum absolute atomic E-state index is 0.0282. The Hall–Kier alpha value is -5.86. The van der Waals surface area contributed by atoms with Crippen molar-refractivity contribution in [3.05, 3.63) is 92.9 Å². The Balaban J connectivity index is 1.40. The molecule has 0 spiro atoms. The molecule has 15 nitrogen and oxygen atoms in total. The Morgan fingerprint density at radius 2 is 1.65 bits per heavy atom. The van der Waals surface area contributed by atoms with Gasteiger partial charge in [0.25, 0.3) is 17.7 Å². The summed E-state index contributed by atoms with van der Waals surface area (Å²) in [4.78, 5) is 64.9. The molecule has 5 N–H and O–H groups in total. The van der Waals surface area contributed by atoms with Crippen molar-refractivity contribution in [2.24, 2.45) is 12.8 Å². The molecule has 202 valence electrons. The predicted molar refractivity (Wildman–Crippen MR) is 136 cm³/mol. The summed E-state index contributed by atoms with van der Waals surface area (Å²) in [7, 11) is 1.56. The highest BCUT2D eigenvalue weighted by atomic mass is 16.4. The quantitative estimate of drug-likeness (QED) is 0.208. The zero-order chi connectivity index (χ0) is 28.6. The molecule has 0 aliphatic carbocycles. The Morgan fingerprint density at radius 3 is 2.35 bits per heavy atom. The fourth-order valence-electron chi connectivity index (χ4n) is 3.91. The highest BCUT2D eigenvalue weighted by molar-refractivity contribution is 6.01. The van der Waals surface area contributed by atoms with Crippen LogP contribution in [0.25, 0.3) is 16.7 Å². The molecule has 0 bridgehead atoms. The number of primary amides is 1. The van der Waals surface area contributed by atoms with Crippen molar-refractivity contribution in [1.82, 2.24) is 35.0 Å². The number of amides is 3. The molecule has 3 heterocycles. The normalized spacial score (nSPS) is 11.0. The maximum atomic E-state index is 13.1. The maximum Gasteiger partial charge on any atom is 0.419 e. The van der Waals surface area contributed by atoms with E-state index in [4.69, 9.17) is 15.3 Å². The van der Waals surface area contributed by atoms with Crippen LogP contribution >= 0.6 is 0 Å². The number of aromatic nitrogens is 5. The van der Waals surface area contributed by atoms with E-state index >= 15 is 0 Å². The maximum absolute atomic E-state index is 13.1. The molecule has 0 saturated heterocycles. The average Bonchev–Trinajstić information content (AvgIpc) is 3.50. The van der Waals surface area contributed by atoms with E-state index in [1.165, 1.54) is 22.8 Å². The number of aromatic carboxylic acids is 1. The van der Waals surface area contributed by atoms with Gasteiger partial charge in [0.15, 0.2) is 16.9 Å². The van der Waals surface area contributed by atoms with Crippen LogP contribution in [-0.2, 0) is 20.1 Å². The zero-order valence-corrected chi connectivity index (χ0v) is 20.7. The van der Waals surface area contributed by atoms with Crippen molar-refractivity contribution < 1.29 is 28.7 Å². The van der Waals surface area contributed by atoms with Crippen LogP contribution in [0.5, 0.6) is 0 Å². The molecule has 5 aromatic rings. The molecule has 5 rings (SSSR count). The number of carboxylic acids is 1. The summed E-state index contributed by atoms with van der Waals surface area (Å²) in [6.07, 6.45) is 0. The molecule has 3 amide bonds. The molecule has 0 aliphatic heterocycles. The monoisotopic (exact) mass is 544 g/mol. The topological polar surface area (TPSA) is 217 Å². The standard InChI is InChI=1S/C25H20N8O7/c1-32-16-8-13(4-7-18(16)40-25(32)39)11-27-22(35)15-9-17(33-21(29-15)19(20(26)34)30-31-33)23(36)28-10-12-2-5-14(6-3-12)24(37)38/h2-9H,10-11H2,1H3,(H2,26,34)(H,27,35)(H,28,36)(H,37,38). The number of hydrogen-bond acceptors (Lipinski definition) is 9. The van der Waals surface area contributed by atoms with E-state index in [0.29, 0.717) is 22.2 Å². The highest BCUT2D eigenvalue weighted by Gasteiger charge is 2.23. The van der Waals surface area contributed by atoms with Crippen LogP contribution in [0.4, 0.5) is 0 Å². The largest absolute Gasteiger partial charge is 0.478 e. The first-order chi connectivity index (χ1) is 19.1. The SMILES string of the molecule is Cn1c(=O)oc2ccc(CNC(=O)c3cc(C(=O)NCc4ccc(C(=O)O)cc4)n4nnc(C(N)=O)c4n3)cc21. The summed E-state index contributed by atoms with van der Waals surface area (Å²) >= 11 is 0. The number of nitrogens with two attached hydrogens (primary N) is 1. The number of rotatable bonds is 8. The molecule has 40 heavy (non-hydrogen) atoms. The van der Waals surface area contributed by atoms with Gasteiger partial charge in [0.1, 0.15) is 11.4 Å². The van der Waals surface area contributed by atoms with Gasteiger partial charge in [-0.1, -0.05) is 23.4 Å². The van der Waals surface area contributed by atoms with Crippen LogP contribution in [0, 0.1) is 0 Å². The fraction of sp³-hybridized carbons (Fsp3) is 0.120. The van der Waals surface area contributed by atoms with Gasteiger partial charge >= 0.3 is 11.7 Å². The summed E-state index contributed by atoms with van der Waals surface area (Å²) < 4.78 is 7.43. The van der Waals surface area contributed by atoms with Crippen molar-refractivity contribution in [3.8, 4) is 0 Å². The van der Waals surface area contributed by atoms with Crippen molar-refractivity contribution in [1.29, 1.82) is 0 Å². The lowest BCUT2D eigenvalue weighted by Crippen LogP contribution is -2.28. The number of carbonyl (C=O) groups excluding carboxylic acids is 3. The number of carboxylic acid groups (broad SMARTS) is 1. The number of fused-ring (bicyclic) bond motifs is 2. The Kier molecular flexibility index (Phi) is 6.53. The average molecular weight is 544 g/mol. The van der Waals surface area contributed by atoms with E-state index in [-0.39, 0.29) is 41.4 Å². The van der Waals surface area contributed by atoms with Crippen LogP contribution in [0.15, 0.2) is 57.7 Å². The lowest BCUT2D eigenvalue weighted by molar-refractivity contribution is 0.0696.